The van der Waals surface area contributed by atoms with E-state index in [4.69, 9.17) is 12.6 Å². The zero-order chi connectivity index (χ0) is 30.2. The molecule has 3 aromatic carbocycles. The molecule has 0 saturated heterocycles. The molecule has 7 rings (SSSR count). The van der Waals surface area contributed by atoms with Gasteiger partial charge in [-0.15, -0.1) is 54.1 Å². The van der Waals surface area contributed by atoms with Gasteiger partial charge in [0, 0.05) is 63.9 Å². The first-order valence-corrected chi connectivity index (χ1v) is 11.6. The Kier molecular flexibility index (Phi) is 5.52. The molecule has 0 fully saturated rings. The maximum Gasteiger partial charge on any atom is 0.130 e. The van der Waals surface area contributed by atoms with E-state index in [0.717, 1.165) is 38.4 Å². The molecule has 5 heteroatoms. The molecule has 0 aliphatic rings. The number of hydrogen-bond acceptors (Lipinski definition) is 4. The van der Waals surface area contributed by atoms with Gasteiger partial charge < -0.3 is 14.4 Å². The summed E-state index contributed by atoms with van der Waals surface area (Å²) in [6, 6.07) is 30.1. The van der Waals surface area contributed by atoms with Crippen LogP contribution in [0.25, 0.3) is 55.2 Å². The van der Waals surface area contributed by atoms with Crippen molar-refractivity contribution < 1.29 is 32.7 Å². The van der Waals surface area contributed by atoms with Crippen molar-refractivity contribution in [3.05, 3.63) is 127 Å². The van der Waals surface area contributed by atoms with Crippen LogP contribution in [-0.4, -0.2) is 15.0 Å². The minimum Gasteiger partial charge on any atom is -0.500 e. The molecule has 7 aromatic rings. The van der Waals surface area contributed by atoms with Gasteiger partial charge in [0.1, 0.15) is 5.58 Å². The van der Waals surface area contributed by atoms with Crippen molar-refractivity contribution in [1.29, 1.82) is 0 Å². The predicted octanol–water partition coefficient (Wildman–Crippen LogP) is 8.16. The molecule has 0 bridgehead atoms. The standard InChI is InChI=1S/C21H13N2O.C12H10N.Ir/c1-13-5-8-19(23-11-13)17-4-2-3-15-16-7-6-14-9-10-22-12-18(14)21(16)24-20(15)17;1-10-7-8-12(13-9-10)11-5-3-2-4-6-11;/h2-3,5-12H,1H3;2-5,7-9H,1H3;/q2*-1;/i2*1D3;. The summed E-state index contributed by atoms with van der Waals surface area (Å²) in [6.45, 7) is -4.27. The molecule has 0 aliphatic carbocycles. The van der Waals surface area contributed by atoms with Crippen molar-refractivity contribution in [2.75, 3.05) is 0 Å². The zero-order valence-corrected chi connectivity index (χ0v) is 22.3. The van der Waals surface area contributed by atoms with Crippen LogP contribution >= 0.6 is 0 Å². The molecule has 0 aliphatic heterocycles. The fraction of sp³-hybridized carbons (Fsp3) is 0.0606. The van der Waals surface area contributed by atoms with Crippen molar-refractivity contribution in [1.82, 2.24) is 15.0 Å². The van der Waals surface area contributed by atoms with E-state index in [2.05, 4.69) is 27.1 Å². The Morgan fingerprint density at radius 3 is 2.18 bits per heavy atom. The van der Waals surface area contributed by atoms with Crippen molar-refractivity contribution in [2.24, 2.45) is 0 Å². The molecule has 0 unspecified atom stereocenters. The van der Waals surface area contributed by atoms with Gasteiger partial charge in [-0.05, 0) is 47.7 Å². The zero-order valence-electron chi connectivity index (χ0n) is 25.9. The molecule has 0 N–H and O–H groups in total. The maximum atomic E-state index is 7.49. The molecule has 0 spiro atoms. The molecule has 0 saturated carbocycles. The van der Waals surface area contributed by atoms with E-state index in [1.807, 2.05) is 48.5 Å². The Balaban J connectivity index is 0.000000194. The first kappa shape index (κ1) is 19.0. The number of aromatic nitrogens is 3. The van der Waals surface area contributed by atoms with Gasteiger partial charge in [0.25, 0.3) is 0 Å². The quantitative estimate of drug-likeness (QED) is 0.174. The smallest absolute Gasteiger partial charge is 0.130 e. The van der Waals surface area contributed by atoms with Gasteiger partial charge in [-0.2, -0.15) is 0 Å². The van der Waals surface area contributed by atoms with Gasteiger partial charge in [-0.25, -0.2) is 0 Å². The van der Waals surface area contributed by atoms with Crippen molar-refractivity contribution in [2.45, 2.75) is 13.7 Å². The van der Waals surface area contributed by atoms with E-state index >= 15 is 0 Å². The number of nitrogens with zero attached hydrogens (tertiary/aromatic N) is 3. The summed E-state index contributed by atoms with van der Waals surface area (Å²) in [5.74, 6) is 0. The first-order chi connectivity index (χ1) is 20.6. The van der Waals surface area contributed by atoms with E-state index in [9.17, 15) is 0 Å². The van der Waals surface area contributed by atoms with Crippen LogP contribution in [0.2, 0.25) is 0 Å². The minimum atomic E-state index is -2.17. The van der Waals surface area contributed by atoms with Crippen LogP contribution in [0.5, 0.6) is 0 Å². The number of hydrogen-bond donors (Lipinski definition) is 0. The number of pyridine rings is 3. The van der Waals surface area contributed by atoms with Crippen LogP contribution in [-0.2, 0) is 20.1 Å². The molecule has 38 heavy (non-hydrogen) atoms. The summed E-state index contributed by atoms with van der Waals surface area (Å²) >= 11 is 0. The Bertz CT molecular complexity index is 2040. The van der Waals surface area contributed by atoms with Crippen LogP contribution in [0.3, 0.4) is 0 Å². The fourth-order valence-corrected chi connectivity index (χ4v) is 4.20. The molecule has 1 radical (unpaired) electrons. The second-order valence-electron chi connectivity index (χ2n) is 8.38. The topological polar surface area (TPSA) is 51.8 Å². The van der Waals surface area contributed by atoms with Crippen LogP contribution in [0, 0.1) is 25.8 Å². The summed E-state index contributed by atoms with van der Waals surface area (Å²) in [6.07, 6.45) is 6.33. The summed E-state index contributed by atoms with van der Waals surface area (Å²) in [4.78, 5) is 12.7. The molecule has 4 heterocycles. The van der Waals surface area contributed by atoms with Crippen molar-refractivity contribution >= 4 is 32.7 Å². The number of fused-ring (bicyclic) bond motifs is 5. The van der Waals surface area contributed by atoms with Crippen LogP contribution < -0.4 is 0 Å². The fourth-order valence-electron chi connectivity index (χ4n) is 4.20. The SMILES string of the molecule is [2H]C([2H])([2H])c1ccc(-c2[c-]ccc3c2oc2c4cnccc4ccc32)nc1.[2H]C([2H])([2H])c1ccc(-c2[c-]cccc2)nc1.[Ir]. The molecular weight excluding hydrogens is 647 g/mol. The third-order valence-corrected chi connectivity index (χ3v) is 5.99. The average Bonchev–Trinajstić information content (AvgIpc) is 3.41. The van der Waals surface area contributed by atoms with Gasteiger partial charge in [0.2, 0.25) is 0 Å². The molecule has 0 amide bonds. The number of rotatable bonds is 2. The van der Waals surface area contributed by atoms with Crippen LogP contribution in [0.1, 0.15) is 19.4 Å². The third-order valence-electron chi connectivity index (χ3n) is 5.99. The molecular formula is C33H23IrN3O-2. The van der Waals surface area contributed by atoms with Crippen LogP contribution in [0.15, 0.2) is 108 Å². The second-order valence-corrected chi connectivity index (χ2v) is 8.38. The normalized spacial score (nSPS) is 13.7. The predicted molar refractivity (Wildman–Crippen MR) is 149 cm³/mol. The average molecular weight is 676 g/mol. The van der Waals surface area contributed by atoms with Gasteiger partial charge in [0.15, 0.2) is 0 Å². The monoisotopic (exact) mass is 676 g/mol. The Morgan fingerprint density at radius 2 is 1.47 bits per heavy atom. The van der Waals surface area contributed by atoms with E-state index in [1.54, 1.807) is 42.7 Å². The Morgan fingerprint density at radius 1 is 0.684 bits per heavy atom. The largest absolute Gasteiger partial charge is 0.500 e. The molecule has 0 atom stereocenters. The van der Waals surface area contributed by atoms with Crippen molar-refractivity contribution in [3.63, 3.8) is 0 Å². The number of aryl methyl sites for hydroxylation is 2. The number of furan rings is 1. The minimum absolute atomic E-state index is 0. The van der Waals surface area contributed by atoms with E-state index in [0.29, 0.717) is 16.8 Å². The van der Waals surface area contributed by atoms with Crippen LogP contribution in [0.4, 0.5) is 0 Å². The summed E-state index contributed by atoms with van der Waals surface area (Å²) in [7, 11) is 0. The van der Waals surface area contributed by atoms with Gasteiger partial charge in [0.05, 0.1) is 5.58 Å². The Labute approximate surface area is 243 Å². The third kappa shape index (κ3) is 4.99. The van der Waals surface area contributed by atoms with Gasteiger partial charge in [-0.3, -0.25) is 4.98 Å². The van der Waals surface area contributed by atoms with Gasteiger partial charge >= 0.3 is 0 Å². The van der Waals surface area contributed by atoms with E-state index < -0.39 is 13.7 Å². The molecule has 4 aromatic heterocycles. The van der Waals surface area contributed by atoms with E-state index in [1.165, 1.54) is 12.4 Å². The first-order valence-electron chi connectivity index (χ1n) is 14.6. The summed E-state index contributed by atoms with van der Waals surface area (Å²) in [5, 5.41) is 3.97. The van der Waals surface area contributed by atoms with Crippen molar-refractivity contribution in [3.8, 4) is 22.5 Å². The molecule has 187 valence electrons. The maximum absolute atomic E-state index is 7.49. The van der Waals surface area contributed by atoms with Gasteiger partial charge in [-0.1, -0.05) is 47.3 Å². The second kappa shape index (κ2) is 11.1. The Hall–Kier alpha value is -4.18. The summed E-state index contributed by atoms with van der Waals surface area (Å²) < 4.78 is 50.4. The van der Waals surface area contributed by atoms with E-state index in [-0.39, 0.29) is 31.2 Å². The number of benzene rings is 3. The summed E-state index contributed by atoms with van der Waals surface area (Å²) in [5.41, 5.74) is 4.84. The molecule has 4 nitrogen and oxygen atoms in total.